The number of hydrogen-bond acceptors (Lipinski definition) is 3. The van der Waals surface area contributed by atoms with Gasteiger partial charge in [-0.25, -0.2) is 10.1 Å². The van der Waals surface area contributed by atoms with Gasteiger partial charge in [-0.1, -0.05) is 12.1 Å². The molecule has 0 radical (unpaired) electrons. The van der Waals surface area contributed by atoms with Crippen LogP contribution in [0.5, 0.6) is 0 Å². The Morgan fingerprint density at radius 1 is 1.16 bits per heavy atom. The van der Waals surface area contributed by atoms with E-state index in [1.54, 1.807) is 18.2 Å². The number of allylic oxidation sites excluding steroid dienone is 2. The van der Waals surface area contributed by atoms with Gasteiger partial charge in [0.05, 0.1) is 24.3 Å². The maximum absolute atomic E-state index is 9.07. The fourth-order valence-electron chi connectivity index (χ4n) is 1.82. The molecule has 1 rings (SSSR count). The number of hydrogen-bond donors (Lipinski definition) is 0. The lowest BCUT2D eigenvalue weighted by atomic mass is 10.0. The SMILES string of the molecule is [C-]#[N+]C(C#N)=C(C#N)c1ccc(N(CC)CC)cc1. The van der Waals surface area contributed by atoms with Crippen molar-refractivity contribution in [2.75, 3.05) is 18.0 Å². The predicted molar refractivity (Wildman–Crippen MR) is 74.8 cm³/mol. The van der Waals surface area contributed by atoms with Crippen LogP contribution in [-0.2, 0) is 0 Å². The maximum atomic E-state index is 9.07. The summed E-state index contributed by atoms with van der Waals surface area (Å²) in [5.41, 5.74) is 1.63. The Labute approximate surface area is 113 Å². The summed E-state index contributed by atoms with van der Waals surface area (Å²) in [5, 5.41) is 17.9. The van der Waals surface area contributed by atoms with E-state index in [4.69, 9.17) is 17.1 Å². The Balaban J connectivity index is 3.20. The zero-order chi connectivity index (χ0) is 14.3. The van der Waals surface area contributed by atoms with Crippen LogP contribution in [0.3, 0.4) is 0 Å². The second kappa shape index (κ2) is 6.84. The highest BCUT2D eigenvalue weighted by atomic mass is 15.1. The van der Waals surface area contributed by atoms with E-state index in [2.05, 4.69) is 23.6 Å². The van der Waals surface area contributed by atoms with Gasteiger partial charge in [-0.15, -0.1) is 0 Å². The van der Waals surface area contributed by atoms with Crippen LogP contribution < -0.4 is 4.90 Å². The van der Waals surface area contributed by atoms with Crippen LogP contribution in [0.2, 0.25) is 0 Å². The quantitative estimate of drug-likeness (QED) is 0.609. The maximum Gasteiger partial charge on any atom is 0.279 e. The molecule has 0 aliphatic carbocycles. The van der Waals surface area contributed by atoms with E-state index in [1.165, 1.54) is 0 Å². The molecule has 0 saturated heterocycles. The third-order valence-electron chi connectivity index (χ3n) is 2.85. The standard InChI is InChI=1S/C15H14N4/c1-4-19(5-2)13-8-6-12(7-9-13)14(10-16)15(11-17)18-3/h6-9H,4-5H2,1-2H3. The van der Waals surface area contributed by atoms with Crippen molar-refractivity contribution < 1.29 is 0 Å². The first-order valence-electron chi connectivity index (χ1n) is 5.99. The van der Waals surface area contributed by atoms with E-state index in [1.807, 2.05) is 18.2 Å². The first-order chi connectivity index (χ1) is 9.21. The summed E-state index contributed by atoms with van der Waals surface area (Å²) in [4.78, 5) is 5.26. The molecule has 0 fully saturated rings. The molecule has 0 spiro atoms. The normalized spacial score (nSPS) is 10.7. The fourth-order valence-corrected chi connectivity index (χ4v) is 1.82. The molecule has 0 heterocycles. The molecule has 0 atom stereocenters. The Morgan fingerprint density at radius 3 is 2.11 bits per heavy atom. The van der Waals surface area contributed by atoms with Crippen molar-refractivity contribution in [2.45, 2.75) is 13.8 Å². The molecule has 94 valence electrons. The van der Waals surface area contributed by atoms with Crippen molar-refractivity contribution in [3.05, 3.63) is 46.9 Å². The first kappa shape index (κ1) is 14.3. The van der Waals surface area contributed by atoms with Gasteiger partial charge < -0.3 is 4.90 Å². The molecule has 4 heteroatoms. The number of anilines is 1. The third-order valence-corrected chi connectivity index (χ3v) is 2.85. The van der Waals surface area contributed by atoms with Gasteiger partial charge in [-0.3, -0.25) is 0 Å². The minimum absolute atomic E-state index is 0.128. The van der Waals surface area contributed by atoms with Crippen LogP contribution >= 0.6 is 0 Å². The molecule has 0 saturated carbocycles. The van der Waals surface area contributed by atoms with Gasteiger partial charge in [0, 0.05) is 18.8 Å². The molecule has 0 unspecified atom stereocenters. The van der Waals surface area contributed by atoms with E-state index in [0.717, 1.165) is 18.8 Å². The summed E-state index contributed by atoms with van der Waals surface area (Å²) in [7, 11) is 0. The lowest BCUT2D eigenvalue weighted by Crippen LogP contribution is -2.21. The van der Waals surface area contributed by atoms with Gasteiger partial charge in [0.15, 0.2) is 0 Å². The van der Waals surface area contributed by atoms with E-state index in [0.29, 0.717) is 5.56 Å². The third kappa shape index (κ3) is 3.12. The largest absolute Gasteiger partial charge is 0.372 e. The Kier molecular flexibility index (Phi) is 5.15. The molecular weight excluding hydrogens is 236 g/mol. The molecule has 19 heavy (non-hydrogen) atoms. The van der Waals surface area contributed by atoms with Gasteiger partial charge in [0.2, 0.25) is 0 Å². The summed E-state index contributed by atoms with van der Waals surface area (Å²) in [6.45, 7) is 12.9. The average Bonchev–Trinajstić information content (AvgIpc) is 2.47. The lowest BCUT2D eigenvalue weighted by molar-refractivity contribution is 0.866. The number of benzene rings is 1. The van der Waals surface area contributed by atoms with Crippen LogP contribution in [0, 0.1) is 29.2 Å². The van der Waals surface area contributed by atoms with Crippen LogP contribution in [0.1, 0.15) is 19.4 Å². The van der Waals surface area contributed by atoms with Gasteiger partial charge >= 0.3 is 0 Å². The van der Waals surface area contributed by atoms with Gasteiger partial charge in [-0.05, 0) is 31.5 Å². The molecular formula is C15H14N4. The van der Waals surface area contributed by atoms with E-state index in [9.17, 15) is 0 Å². The van der Waals surface area contributed by atoms with Crippen molar-refractivity contribution in [1.82, 2.24) is 0 Å². The lowest BCUT2D eigenvalue weighted by Gasteiger charge is -2.21. The Bertz CT molecular complexity index is 571. The van der Waals surface area contributed by atoms with Crippen LogP contribution in [-0.4, -0.2) is 13.1 Å². The predicted octanol–water partition coefficient (Wildman–Crippen LogP) is 3.21. The number of nitrogens with zero attached hydrogens (tertiary/aromatic N) is 4. The van der Waals surface area contributed by atoms with E-state index >= 15 is 0 Å². The summed E-state index contributed by atoms with van der Waals surface area (Å²) in [6, 6.07) is 11.0. The van der Waals surface area contributed by atoms with Gasteiger partial charge in [0.1, 0.15) is 0 Å². The van der Waals surface area contributed by atoms with Crippen molar-refractivity contribution in [3.63, 3.8) is 0 Å². The molecule has 0 aliphatic rings. The topological polar surface area (TPSA) is 55.2 Å². The van der Waals surface area contributed by atoms with Gasteiger partial charge in [-0.2, -0.15) is 5.26 Å². The van der Waals surface area contributed by atoms with Crippen LogP contribution in [0.4, 0.5) is 5.69 Å². The average molecular weight is 250 g/mol. The number of nitriles is 2. The van der Waals surface area contributed by atoms with Crippen LogP contribution in [0.25, 0.3) is 10.4 Å². The molecule has 4 nitrogen and oxygen atoms in total. The molecule has 0 aliphatic heterocycles. The molecule has 0 amide bonds. The van der Waals surface area contributed by atoms with Crippen molar-refractivity contribution in [1.29, 1.82) is 10.5 Å². The second-order valence-electron chi connectivity index (χ2n) is 3.78. The second-order valence-corrected chi connectivity index (χ2v) is 3.78. The summed E-state index contributed by atoms with van der Waals surface area (Å²) in [6.07, 6.45) is 0. The van der Waals surface area contributed by atoms with Crippen LogP contribution in [0.15, 0.2) is 30.0 Å². The van der Waals surface area contributed by atoms with Gasteiger partial charge in [0.25, 0.3) is 5.70 Å². The first-order valence-corrected chi connectivity index (χ1v) is 5.99. The molecule has 1 aromatic carbocycles. The highest BCUT2D eigenvalue weighted by Crippen LogP contribution is 2.22. The summed E-state index contributed by atoms with van der Waals surface area (Å²) < 4.78 is 0. The monoisotopic (exact) mass is 250 g/mol. The zero-order valence-electron chi connectivity index (χ0n) is 11.0. The molecule has 0 N–H and O–H groups in total. The van der Waals surface area contributed by atoms with E-state index in [-0.39, 0.29) is 11.3 Å². The summed E-state index contributed by atoms with van der Waals surface area (Å²) in [5.74, 6) is 0. The molecule has 1 aromatic rings. The Morgan fingerprint density at radius 2 is 1.74 bits per heavy atom. The number of rotatable bonds is 4. The highest BCUT2D eigenvalue weighted by molar-refractivity contribution is 5.83. The van der Waals surface area contributed by atoms with E-state index < -0.39 is 0 Å². The minimum atomic E-state index is -0.168. The zero-order valence-corrected chi connectivity index (χ0v) is 11.0. The highest BCUT2D eigenvalue weighted by Gasteiger charge is 2.09. The smallest absolute Gasteiger partial charge is 0.279 e. The van der Waals surface area contributed by atoms with Crippen molar-refractivity contribution in [2.24, 2.45) is 0 Å². The Hall–Kier alpha value is -2.77. The molecule has 0 bridgehead atoms. The molecule has 0 aromatic heterocycles. The van der Waals surface area contributed by atoms with Crippen molar-refractivity contribution in [3.8, 4) is 12.1 Å². The minimum Gasteiger partial charge on any atom is -0.372 e. The summed E-state index contributed by atoms with van der Waals surface area (Å²) >= 11 is 0. The van der Waals surface area contributed by atoms with Crippen molar-refractivity contribution >= 4 is 11.3 Å². The fraction of sp³-hybridized carbons (Fsp3) is 0.267.